The van der Waals surface area contributed by atoms with E-state index in [9.17, 15) is 9.59 Å². The normalized spacial score (nSPS) is 23.1. The lowest BCUT2D eigenvalue weighted by Gasteiger charge is -2.34. The number of carbonyl (C=O) groups is 2. The topological polar surface area (TPSA) is 80.1 Å². The van der Waals surface area contributed by atoms with Crippen LogP contribution in [0.2, 0.25) is 0 Å². The van der Waals surface area contributed by atoms with Gasteiger partial charge in [-0.25, -0.2) is 9.67 Å². The highest BCUT2D eigenvalue weighted by Gasteiger charge is 2.47. The Morgan fingerprint density at radius 2 is 1.79 bits per heavy atom. The van der Waals surface area contributed by atoms with Crippen molar-refractivity contribution < 1.29 is 9.59 Å². The molecule has 5 rings (SSSR count). The number of fused-ring (bicyclic) bond motifs is 1. The van der Waals surface area contributed by atoms with Gasteiger partial charge >= 0.3 is 0 Å². The van der Waals surface area contributed by atoms with Gasteiger partial charge in [-0.1, -0.05) is 43.2 Å². The Balaban J connectivity index is 1.33. The molecule has 2 aromatic carbocycles. The Morgan fingerprint density at radius 1 is 1.03 bits per heavy atom. The van der Waals surface area contributed by atoms with Crippen LogP contribution >= 0.6 is 0 Å². The van der Waals surface area contributed by atoms with E-state index in [1.54, 1.807) is 11.0 Å². The van der Waals surface area contributed by atoms with E-state index in [0.717, 1.165) is 36.9 Å². The first-order valence-corrected chi connectivity index (χ1v) is 11.7. The SMILES string of the molecule is CC(NC(=O)C1CC2CCCCC2N1C(=O)c1ccccc1)c1ccc(-n2cncn2)cc1. The van der Waals surface area contributed by atoms with Gasteiger partial charge in [-0.05, 0) is 61.9 Å². The van der Waals surface area contributed by atoms with Crippen LogP contribution in [0, 0.1) is 5.92 Å². The highest BCUT2D eigenvalue weighted by molar-refractivity contribution is 5.98. The van der Waals surface area contributed by atoms with Gasteiger partial charge in [-0.3, -0.25) is 9.59 Å². The van der Waals surface area contributed by atoms with Crippen molar-refractivity contribution in [1.29, 1.82) is 0 Å². The molecule has 4 atom stereocenters. The maximum Gasteiger partial charge on any atom is 0.254 e. The minimum absolute atomic E-state index is 0.0324. The average molecular weight is 444 g/mol. The molecule has 1 aliphatic heterocycles. The van der Waals surface area contributed by atoms with Crippen molar-refractivity contribution in [3.63, 3.8) is 0 Å². The monoisotopic (exact) mass is 443 g/mol. The Morgan fingerprint density at radius 3 is 2.52 bits per heavy atom. The molecule has 7 nitrogen and oxygen atoms in total. The summed E-state index contributed by atoms with van der Waals surface area (Å²) in [5.41, 5.74) is 2.57. The average Bonchev–Trinajstić information content (AvgIpc) is 3.53. The molecule has 1 aliphatic carbocycles. The molecular weight excluding hydrogens is 414 g/mol. The fourth-order valence-corrected chi connectivity index (χ4v) is 5.37. The molecule has 170 valence electrons. The van der Waals surface area contributed by atoms with Crippen LogP contribution in [0.5, 0.6) is 0 Å². The zero-order valence-corrected chi connectivity index (χ0v) is 18.8. The Hall–Kier alpha value is -3.48. The van der Waals surface area contributed by atoms with Crippen molar-refractivity contribution in [3.05, 3.63) is 78.4 Å². The largest absolute Gasteiger partial charge is 0.348 e. The number of hydrogen-bond donors (Lipinski definition) is 1. The van der Waals surface area contributed by atoms with E-state index >= 15 is 0 Å². The zero-order valence-electron chi connectivity index (χ0n) is 18.8. The van der Waals surface area contributed by atoms with Crippen LogP contribution in [0.3, 0.4) is 0 Å². The molecule has 2 heterocycles. The molecule has 33 heavy (non-hydrogen) atoms. The predicted octanol–water partition coefficient (Wildman–Crippen LogP) is 3.92. The highest BCUT2D eigenvalue weighted by Crippen LogP contribution is 2.40. The molecule has 2 fully saturated rings. The molecule has 0 spiro atoms. The number of nitrogens with zero attached hydrogens (tertiary/aromatic N) is 4. The molecule has 1 N–H and O–H groups in total. The van der Waals surface area contributed by atoms with Gasteiger partial charge in [0.15, 0.2) is 0 Å². The molecule has 4 unspecified atom stereocenters. The number of benzene rings is 2. The molecule has 3 aromatic rings. The van der Waals surface area contributed by atoms with Crippen LogP contribution in [0.4, 0.5) is 0 Å². The lowest BCUT2D eigenvalue weighted by atomic mass is 9.84. The third-order valence-electron chi connectivity index (χ3n) is 7.08. The summed E-state index contributed by atoms with van der Waals surface area (Å²) in [6.45, 7) is 1.98. The molecular formula is C26H29N5O2. The summed E-state index contributed by atoms with van der Waals surface area (Å²) in [7, 11) is 0. The Kier molecular flexibility index (Phi) is 5.94. The van der Waals surface area contributed by atoms with Crippen LogP contribution in [-0.4, -0.2) is 43.6 Å². The van der Waals surface area contributed by atoms with Crippen molar-refractivity contribution in [1.82, 2.24) is 25.0 Å². The van der Waals surface area contributed by atoms with E-state index in [1.165, 1.54) is 12.7 Å². The first kappa shape index (κ1) is 21.4. The number of nitrogens with one attached hydrogen (secondary N) is 1. The second-order valence-electron chi connectivity index (χ2n) is 9.10. The van der Waals surface area contributed by atoms with Crippen LogP contribution in [0.15, 0.2) is 67.3 Å². The zero-order chi connectivity index (χ0) is 22.8. The van der Waals surface area contributed by atoms with Gasteiger partial charge in [0.25, 0.3) is 5.91 Å². The molecule has 7 heteroatoms. The van der Waals surface area contributed by atoms with Gasteiger partial charge in [-0.2, -0.15) is 5.10 Å². The maximum atomic E-state index is 13.5. The van der Waals surface area contributed by atoms with E-state index in [0.29, 0.717) is 11.5 Å². The van der Waals surface area contributed by atoms with Crippen LogP contribution in [0.1, 0.15) is 61.0 Å². The highest BCUT2D eigenvalue weighted by atomic mass is 16.2. The second kappa shape index (κ2) is 9.17. The number of likely N-dealkylation sites (tertiary alicyclic amines) is 1. The lowest BCUT2D eigenvalue weighted by molar-refractivity contribution is -0.125. The summed E-state index contributed by atoms with van der Waals surface area (Å²) in [4.78, 5) is 32.8. The number of hydrogen-bond acceptors (Lipinski definition) is 4. The van der Waals surface area contributed by atoms with Gasteiger partial charge in [0.1, 0.15) is 18.7 Å². The third kappa shape index (κ3) is 4.27. The van der Waals surface area contributed by atoms with Crippen molar-refractivity contribution in [3.8, 4) is 5.69 Å². The molecule has 1 saturated heterocycles. The van der Waals surface area contributed by atoms with Gasteiger partial charge in [0.05, 0.1) is 11.7 Å². The molecule has 1 aromatic heterocycles. The van der Waals surface area contributed by atoms with Crippen molar-refractivity contribution >= 4 is 11.8 Å². The van der Waals surface area contributed by atoms with E-state index < -0.39 is 6.04 Å². The van der Waals surface area contributed by atoms with Crippen LogP contribution in [0.25, 0.3) is 5.69 Å². The minimum atomic E-state index is -0.428. The summed E-state index contributed by atoms with van der Waals surface area (Å²) >= 11 is 0. The van der Waals surface area contributed by atoms with E-state index in [2.05, 4.69) is 15.4 Å². The van der Waals surface area contributed by atoms with Gasteiger partial charge in [-0.15, -0.1) is 0 Å². The van der Waals surface area contributed by atoms with E-state index in [-0.39, 0.29) is 23.9 Å². The van der Waals surface area contributed by atoms with Crippen molar-refractivity contribution in [2.75, 3.05) is 0 Å². The molecule has 2 amide bonds. The molecule has 0 radical (unpaired) electrons. The molecule has 0 bridgehead atoms. The van der Waals surface area contributed by atoms with Crippen LogP contribution in [-0.2, 0) is 4.79 Å². The Labute approximate surface area is 193 Å². The predicted molar refractivity (Wildman–Crippen MR) is 125 cm³/mol. The number of carbonyl (C=O) groups excluding carboxylic acids is 2. The third-order valence-corrected chi connectivity index (χ3v) is 7.08. The molecule has 2 aliphatic rings. The summed E-state index contributed by atoms with van der Waals surface area (Å²) in [6.07, 6.45) is 8.25. The molecule has 1 saturated carbocycles. The fraction of sp³-hybridized carbons (Fsp3) is 0.385. The number of amides is 2. The van der Waals surface area contributed by atoms with E-state index in [4.69, 9.17) is 0 Å². The summed E-state index contributed by atoms with van der Waals surface area (Å²) in [5.74, 6) is 0.302. The van der Waals surface area contributed by atoms with E-state index in [1.807, 2.05) is 66.4 Å². The Bertz CT molecular complexity index is 1100. The summed E-state index contributed by atoms with van der Waals surface area (Å²) in [5, 5.41) is 7.32. The second-order valence-corrected chi connectivity index (χ2v) is 9.10. The quantitative estimate of drug-likeness (QED) is 0.648. The van der Waals surface area contributed by atoms with Crippen molar-refractivity contribution in [2.45, 2.75) is 57.2 Å². The standard InChI is InChI=1S/C26H29N5O2/c1-18(19-11-13-22(14-12-19)30-17-27-16-28-30)29-25(32)24-15-21-9-5-6-10-23(21)31(24)26(33)20-7-3-2-4-8-20/h2-4,7-8,11-14,16-18,21,23-24H,5-6,9-10,15H2,1H3,(H,29,32). The van der Waals surface area contributed by atoms with Gasteiger partial charge in [0, 0.05) is 11.6 Å². The van der Waals surface area contributed by atoms with Crippen LogP contribution < -0.4 is 5.32 Å². The van der Waals surface area contributed by atoms with Gasteiger partial charge in [0.2, 0.25) is 5.91 Å². The van der Waals surface area contributed by atoms with Gasteiger partial charge < -0.3 is 10.2 Å². The smallest absolute Gasteiger partial charge is 0.254 e. The minimum Gasteiger partial charge on any atom is -0.348 e. The number of aromatic nitrogens is 3. The summed E-state index contributed by atoms with van der Waals surface area (Å²) in [6, 6.07) is 16.8. The maximum absolute atomic E-state index is 13.5. The fourth-order valence-electron chi connectivity index (χ4n) is 5.37. The lowest BCUT2D eigenvalue weighted by Crippen LogP contribution is -2.50. The first-order valence-electron chi connectivity index (χ1n) is 11.7. The first-order chi connectivity index (χ1) is 16.1. The number of rotatable bonds is 5. The van der Waals surface area contributed by atoms with Crippen molar-refractivity contribution in [2.24, 2.45) is 5.92 Å². The summed E-state index contributed by atoms with van der Waals surface area (Å²) < 4.78 is 1.69.